The summed E-state index contributed by atoms with van der Waals surface area (Å²) >= 11 is 8.11. The number of rotatable bonds is 7. The fraction of sp³-hybridized carbons (Fsp3) is 1.00. The van der Waals surface area contributed by atoms with Crippen LogP contribution in [-0.4, -0.2) is 22.5 Å². The largest absolute Gasteiger partial charge is 0.373 e. The highest BCUT2D eigenvalue weighted by atomic mass is 127. The van der Waals surface area contributed by atoms with Gasteiger partial charge in [0.05, 0.1) is 11.5 Å². The average Bonchev–Trinajstić information content (AvgIpc) is 2.12. The van der Waals surface area contributed by atoms with Crippen LogP contribution in [0.4, 0.5) is 0 Å². The molecule has 0 bridgehead atoms. The third kappa shape index (κ3) is 5.60. The van der Waals surface area contributed by atoms with Crippen molar-refractivity contribution < 1.29 is 4.74 Å². The van der Waals surface area contributed by atoms with E-state index in [1.165, 1.54) is 12.8 Å². The van der Waals surface area contributed by atoms with Gasteiger partial charge in [0.25, 0.3) is 0 Å². The Kier molecular flexibility index (Phi) is 7.99. The molecule has 0 aromatic carbocycles. The minimum absolute atomic E-state index is 0.115. The first-order chi connectivity index (χ1) is 5.68. The minimum atomic E-state index is -0.115. The zero-order chi connectivity index (χ0) is 9.45. The Hall–Kier alpha value is 0.980. The maximum Gasteiger partial charge on any atom is 0.0878 e. The molecule has 1 unspecified atom stereocenters. The zero-order valence-electron chi connectivity index (χ0n) is 7.91. The van der Waals surface area contributed by atoms with Crippen LogP contribution in [0, 0.1) is 0 Å². The molecular weight excluding hydrogens is 286 g/mol. The molecular formula is C9H18ClIO. The first-order valence-electron chi connectivity index (χ1n) is 4.44. The third-order valence-corrected chi connectivity index (χ3v) is 3.94. The van der Waals surface area contributed by atoms with Crippen LogP contribution < -0.4 is 0 Å². The second kappa shape index (κ2) is 7.39. The first-order valence-corrected chi connectivity index (χ1v) is 6.50. The van der Waals surface area contributed by atoms with Crippen molar-refractivity contribution in [3.63, 3.8) is 0 Å². The predicted molar refractivity (Wildman–Crippen MR) is 63.5 cm³/mol. The molecule has 0 N–H and O–H groups in total. The van der Waals surface area contributed by atoms with Gasteiger partial charge >= 0.3 is 0 Å². The van der Waals surface area contributed by atoms with E-state index in [4.69, 9.17) is 16.3 Å². The maximum atomic E-state index is 5.79. The smallest absolute Gasteiger partial charge is 0.0878 e. The summed E-state index contributed by atoms with van der Waals surface area (Å²) in [4.78, 5) is 0. The SMILES string of the molecule is CCCCCOC(C)(CCl)CI. The van der Waals surface area contributed by atoms with Gasteiger partial charge in [-0.3, -0.25) is 0 Å². The average molecular weight is 305 g/mol. The molecule has 0 amide bonds. The molecule has 74 valence electrons. The summed E-state index contributed by atoms with van der Waals surface area (Å²) in [5.41, 5.74) is -0.115. The Morgan fingerprint density at radius 1 is 1.42 bits per heavy atom. The molecule has 0 fully saturated rings. The molecule has 0 saturated heterocycles. The Bertz CT molecular complexity index is 105. The highest BCUT2D eigenvalue weighted by molar-refractivity contribution is 14.1. The molecule has 0 aromatic heterocycles. The second-order valence-electron chi connectivity index (χ2n) is 3.27. The van der Waals surface area contributed by atoms with Gasteiger partial charge in [-0.05, 0) is 13.3 Å². The topological polar surface area (TPSA) is 9.23 Å². The van der Waals surface area contributed by atoms with Crippen LogP contribution in [0.15, 0.2) is 0 Å². The number of hydrogen-bond acceptors (Lipinski definition) is 1. The summed E-state index contributed by atoms with van der Waals surface area (Å²) in [5, 5.41) is 0. The number of hydrogen-bond donors (Lipinski definition) is 0. The molecule has 0 aliphatic carbocycles. The van der Waals surface area contributed by atoms with Gasteiger partial charge < -0.3 is 4.74 Å². The standard InChI is InChI=1S/C9H18ClIO/c1-3-4-5-6-12-9(2,7-10)8-11/h3-8H2,1-2H3. The van der Waals surface area contributed by atoms with Gasteiger partial charge in [-0.15, -0.1) is 11.6 Å². The van der Waals surface area contributed by atoms with Gasteiger partial charge in [-0.25, -0.2) is 0 Å². The minimum Gasteiger partial charge on any atom is -0.373 e. The number of unbranched alkanes of at least 4 members (excludes halogenated alkanes) is 2. The maximum absolute atomic E-state index is 5.79. The number of halogens is 2. The molecule has 1 nitrogen and oxygen atoms in total. The van der Waals surface area contributed by atoms with Crippen LogP contribution in [0.1, 0.15) is 33.1 Å². The van der Waals surface area contributed by atoms with Gasteiger partial charge in [0.2, 0.25) is 0 Å². The molecule has 0 aliphatic heterocycles. The van der Waals surface area contributed by atoms with E-state index in [9.17, 15) is 0 Å². The van der Waals surface area contributed by atoms with Gasteiger partial charge in [-0.2, -0.15) is 0 Å². The molecule has 0 aromatic rings. The fourth-order valence-electron chi connectivity index (χ4n) is 0.783. The quantitative estimate of drug-likeness (QED) is 0.396. The highest BCUT2D eigenvalue weighted by Crippen LogP contribution is 2.16. The molecule has 3 heteroatoms. The van der Waals surface area contributed by atoms with Crippen molar-refractivity contribution in [3.05, 3.63) is 0 Å². The number of ether oxygens (including phenoxy) is 1. The van der Waals surface area contributed by atoms with Crippen molar-refractivity contribution in [2.45, 2.75) is 38.7 Å². The summed E-state index contributed by atoms with van der Waals surface area (Å²) in [6.45, 7) is 5.11. The molecule has 0 rings (SSSR count). The molecule has 0 aliphatic rings. The summed E-state index contributed by atoms with van der Waals surface area (Å²) in [6.07, 6.45) is 3.64. The lowest BCUT2D eigenvalue weighted by molar-refractivity contribution is 0.00395. The zero-order valence-corrected chi connectivity index (χ0v) is 10.8. The van der Waals surface area contributed by atoms with Crippen LogP contribution in [-0.2, 0) is 4.74 Å². The van der Waals surface area contributed by atoms with Gasteiger partial charge in [-0.1, -0.05) is 42.4 Å². The van der Waals surface area contributed by atoms with Crippen LogP contribution in [0.5, 0.6) is 0 Å². The van der Waals surface area contributed by atoms with Crippen molar-refractivity contribution in [2.75, 3.05) is 16.9 Å². The summed E-state index contributed by atoms with van der Waals surface area (Å²) < 4.78 is 6.65. The Morgan fingerprint density at radius 3 is 2.50 bits per heavy atom. The van der Waals surface area contributed by atoms with Crippen molar-refractivity contribution in [2.24, 2.45) is 0 Å². The molecule has 1 atom stereocenters. The van der Waals surface area contributed by atoms with Crippen LogP contribution in [0.25, 0.3) is 0 Å². The molecule has 0 spiro atoms. The van der Waals surface area contributed by atoms with E-state index in [0.29, 0.717) is 5.88 Å². The predicted octanol–water partition coefficient (Wildman–Crippen LogP) is 3.63. The Morgan fingerprint density at radius 2 is 2.08 bits per heavy atom. The van der Waals surface area contributed by atoms with E-state index in [1.807, 2.05) is 0 Å². The van der Waals surface area contributed by atoms with E-state index in [-0.39, 0.29) is 5.60 Å². The van der Waals surface area contributed by atoms with Crippen LogP contribution >= 0.6 is 34.2 Å². The fourth-order valence-corrected chi connectivity index (χ4v) is 1.76. The molecule has 0 saturated carbocycles. The highest BCUT2D eigenvalue weighted by Gasteiger charge is 2.21. The van der Waals surface area contributed by atoms with Gasteiger partial charge in [0.15, 0.2) is 0 Å². The summed E-state index contributed by atoms with van der Waals surface area (Å²) in [5.74, 6) is 0.585. The Balaban J connectivity index is 3.45. The summed E-state index contributed by atoms with van der Waals surface area (Å²) in [6, 6.07) is 0. The normalized spacial score (nSPS) is 16.0. The lowest BCUT2D eigenvalue weighted by Crippen LogP contribution is -2.33. The van der Waals surface area contributed by atoms with Crippen molar-refractivity contribution in [1.82, 2.24) is 0 Å². The monoisotopic (exact) mass is 304 g/mol. The van der Waals surface area contributed by atoms with E-state index >= 15 is 0 Å². The molecule has 0 heterocycles. The molecule has 12 heavy (non-hydrogen) atoms. The van der Waals surface area contributed by atoms with E-state index in [0.717, 1.165) is 17.5 Å². The van der Waals surface area contributed by atoms with E-state index < -0.39 is 0 Å². The van der Waals surface area contributed by atoms with Crippen molar-refractivity contribution in [1.29, 1.82) is 0 Å². The lowest BCUT2D eigenvalue weighted by atomic mass is 10.2. The van der Waals surface area contributed by atoms with E-state index in [1.54, 1.807) is 0 Å². The van der Waals surface area contributed by atoms with Crippen molar-refractivity contribution >= 4 is 34.2 Å². The van der Waals surface area contributed by atoms with Gasteiger partial charge in [0, 0.05) is 11.0 Å². The Labute approximate surface area is 94.3 Å². The third-order valence-electron chi connectivity index (χ3n) is 1.76. The van der Waals surface area contributed by atoms with Gasteiger partial charge in [0.1, 0.15) is 0 Å². The number of alkyl halides is 2. The van der Waals surface area contributed by atoms with Crippen LogP contribution in [0.2, 0.25) is 0 Å². The van der Waals surface area contributed by atoms with Crippen LogP contribution in [0.3, 0.4) is 0 Å². The second-order valence-corrected chi connectivity index (χ2v) is 4.30. The lowest BCUT2D eigenvalue weighted by Gasteiger charge is -2.25. The molecule has 0 radical (unpaired) electrons. The van der Waals surface area contributed by atoms with Crippen molar-refractivity contribution in [3.8, 4) is 0 Å². The van der Waals surface area contributed by atoms with E-state index in [2.05, 4.69) is 36.4 Å². The first kappa shape index (κ1) is 13.0. The summed E-state index contributed by atoms with van der Waals surface area (Å²) in [7, 11) is 0.